The van der Waals surface area contributed by atoms with Crippen molar-refractivity contribution in [2.75, 3.05) is 19.7 Å². The third kappa shape index (κ3) is 2.00. The molecule has 2 atom stereocenters. The molecule has 4 nitrogen and oxygen atoms in total. The highest BCUT2D eigenvalue weighted by Gasteiger charge is 2.44. The van der Waals surface area contributed by atoms with Gasteiger partial charge in [0, 0.05) is 12.5 Å². The molecule has 13 heavy (non-hydrogen) atoms. The molecule has 4 heteroatoms. The lowest BCUT2D eigenvalue weighted by Crippen LogP contribution is -2.54. The molecule has 0 aromatic rings. The van der Waals surface area contributed by atoms with Crippen LogP contribution in [-0.4, -0.2) is 36.4 Å². The fourth-order valence-electron chi connectivity index (χ4n) is 1.57. The second kappa shape index (κ2) is 4.07. The Morgan fingerprint density at radius 1 is 1.77 bits per heavy atom. The van der Waals surface area contributed by atoms with Crippen LogP contribution in [0.25, 0.3) is 0 Å². The van der Waals surface area contributed by atoms with Gasteiger partial charge in [-0.2, -0.15) is 0 Å². The molecule has 0 radical (unpaired) electrons. The van der Waals surface area contributed by atoms with Crippen LogP contribution in [-0.2, 0) is 9.53 Å². The Hall–Kier alpha value is -0.610. The van der Waals surface area contributed by atoms with E-state index in [0.29, 0.717) is 26.1 Å². The number of hydrogen-bond acceptors (Lipinski definition) is 4. The summed E-state index contributed by atoms with van der Waals surface area (Å²) < 4.78 is 4.84. The summed E-state index contributed by atoms with van der Waals surface area (Å²) in [5, 5.41) is 13.1. The molecule has 1 heterocycles. The van der Waals surface area contributed by atoms with Gasteiger partial charge in [-0.25, -0.2) is 4.79 Å². The number of rotatable bonds is 2. The quantitative estimate of drug-likeness (QED) is 0.593. The minimum atomic E-state index is -1.28. The summed E-state index contributed by atoms with van der Waals surface area (Å²) in [6.45, 7) is 5.24. The van der Waals surface area contributed by atoms with Gasteiger partial charge in [0.1, 0.15) is 0 Å². The van der Waals surface area contributed by atoms with Crippen LogP contribution < -0.4 is 5.32 Å². The molecule has 1 saturated heterocycles. The lowest BCUT2D eigenvalue weighted by Gasteiger charge is -2.35. The zero-order valence-corrected chi connectivity index (χ0v) is 8.17. The van der Waals surface area contributed by atoms with Crippen molar-refractivity contribution in [2.24, 2.45) is 5.92 Å². The Labute approximate surface area is 78.3 Å². The first-order chi connectivity index (χ1) is 6.11. The summed E-state index contributed by atoms with van der Waals surface area (Å²) in [5.74, 6) is -0.565. The van der Waals surface area contributed by atoms with Crippen LogP contribution in [0.5, 0.6) is 0 Å². The number of piperidine rings is 1. The van der Waals surface area contributed by atoms with Gasteiger partial charge in [-0.15, -0.1) is 0 Å². The van der Waals surface area contributed by atoms with E-state index in [9.17, 15) is 9.90 Å². The fourth-order valence-corrected chi connectivity index (χ4v) is 1.57. The van der Waals surface area contributed by atoms with Crippen LogP contribution in [0.2, 0.25) is 0 Å². The number of hydrogen-bond donors (Lipinski definition) is 2. The molecule has 2 N–H and O–H groups in total. The van der Waals surface area contributed by atoms with Gasteiger partial charge >= 0.3 is 5.97 Å². The number of carbonyl (C=O) groups excluding carboxylic acids is 1. The van der Waals surface area contributed by atoms with Gasteiger partial charge in [0.15, 0.2) is 5.60 Å². The lowest BCUT2D eigenvalue weighted by atomic mass is 9.83. The Bertz CT molecular complexity index is 195. The van der Waals surface area contributed by atoms with E-state index in [-0.39, 0.29) is 5.92 Å². The Balaban J connectivity index is 2.65. The molecule has 0 bridgehead atoms. The number of esters is 1. The molecule has 0 amide bonds. The van der Waals surface area contributed by atoms with Crippen LogP contribution in [0.15, 0.2) is 0 Å². The largest absolute Gasteiger partial charge is 0.464 e. The maximum Gasteiger partial charge on any atom is 0.338 e. The fraction of sp³-hybridized carbons (Fsp3) is 0.889. The predicted molar refractivity (Wildman–Crippen MR) is 48.2 cm³/mol. The van der Waals surface area contributed by atoms with Crippen LogP contribution in [0, 0.1) is 5.92 Å². The van der Waals surface area contributed by atoms with E-state index in [1.807, 2.05) is 6.92 Å². The second-order valence-corrected chi connectivity index (χ2v) is 3.50. The highest BCUT2D eigenvalue weighted by atomic mass is 16.5. The van der Waals surface area contributed by atoms with Gasteiger partial charge in [0.05, 0.1) is 6.61 Å². The Morgan fingerprint density at radius 2 is 2.46 bits per heavy atom. The van der Waals surface area contributed by atoms with Crippen LogP contribution in [0.1, 0.15) is 20.3 Å². The van der Waals surface area contributed by atoms with Gasteiger partial charge in [0.2, 0.25) is 0 Å². The van der Waals surface area contributed by atoms with E-state index >= 15 is 0 Å². The highest BCUT2D eigenvalue weighted by molar-refractivity contribution is 5.79. The molecule has 1 rings (SSSR count). The van der Waals surface area contributed by atoms with E-state index in [1.165, 1.54) is 0 Å². The minimum absolute atomic E-state index is 0.0831. The summed E-state index contributed by atoms with van der Waals surface area (Å²) in [6, 6.07) is 0. The molecule has 76 valence electrons. The highest BCUT2D eigenvalue weighted by Crippen LogP contribution is 2.25. The zero-order chi connectivity index (χ0) is 9.90. The first kappa shape index (κ1) is 10.5. The van der Waals surface area contributed by atoms with Crippen molar-refractivity contribution in [2.45, 2.75) is 25.9 Å². The van der Waals surface area contributed by atoms with Crippen molar-refractivity contribution in [1.82, 2.24) is 5.32 Å². The summed E-state index contributed by atoms with van der Waals surface area (Å²) in [7, 11) is 0. The number of nitrogens with one attached hydrogen (secondary N) is 1. The van der Waals surface area contributed by atoms with Crippen molar-refractivity contribution in [3.05, 3.63) is 0 Å². The summed E-state index contributed by atoms with van der Waals surface area (Å²) >= 11 is 0. The normalized spacial score (nSPS) is 34.2. The molecule has 0 aromatic heterocycles. The van der Waals surface area contributed by atoms with Gasteiger partial charge < -0.3 is 15.2 Å². The summed E-state index contributed by atoms with van der Waals surface area (Å²) in [6.07, 6.45) is 0.438. The van der Waals surface area contributed by atoms with Gasteiger partial charge in [-0.1, -0.05) is 6.92 Å². The molecular formula is C9H17NO3. The van der Waals surface area contributed by atoms with Crippen LogP contribution in [0.3, 0.4) is 0 Å². The second-order valence-electron chi connectivity index (χ2n) is 3.50. The molecule has 0 aliphatic carbocycles. The average molecular weight is 187 g/mol. The van der Waals surface area contributed by atoms with E-state index in [2.05, 4.69) is 5.32 Å². The lowest BCUT2D eigenvalue weighted by molar-refractivity contribution is -0.173. The summed E-state index contributed by atoms with van der Waals surface area (Å²) in [4.78, 5) is 11.4. The standard InChI is InChI=1S/C9H17NO3/c1-3-13-8(11)9(12)4-5-10-6-7(9)2/h7,10,12H,3-6H2,1-2H3. The number of ether oxygens (including phenoxy) is 1. The maximum absolute atomic E-state index is 11.4. The van der Waals surface area contributed by atoms with E-state index < -0.39 is 11.6 Å². The molecular weight excluding hydrogens is 170 g/mol. The molecule has 1 fully saturated rings. The van der Waals surface area contributed by atoms with Crippen molar-refractivity contribution < 1.29 is 14.6 Å². The van der Waals surface area contributed by atoms with E-state index in [4.69, 9.17) is 4.74 Å². The third-order valence-electron chi connectivity index (χ3n) is 2.58. The monoisotopic (exact) mass is 187 g/mol. The molecule has 2 unspecified atom stereocenters. The third-order valence-corrected chi connectivity index (χ3v) is 2.58. The predicted octanol–water partition coefficient (Wildman–Crippen LogP) is -0.0900. The van der Waals surface area contributed by atoms with Crippen LogP contribution in [0.4, 0.5) is 0 Å². The molecule has 0 aromatic carbocycles. The topological polar surface area (TPSA) is 58.6 Å². The number of aliphatic hydroxyl groups is 1. The van der Waals surface area contributed by atoms with E-state index in [0.717, 1.165) is 0 Å². The maximum atomic E-state index is 11.4. The Morgan fingerprint density at radius 3 is 3.00 bits per heavy atom. The van der Waals surface area contributed by atoms with Crippen molar-refractivity contribution in [1.29, 1.82) is 0 Å². The molecule has 1 aliphatic rings. The van der Waals surface area contributed by atoms with Crippen molar-refractivity contribution in [3.8, 4) is 0 Å². The first-order valence-corrected chi connectivity index (χ1v) is 4.71. The molecule has 1 aliphatic heterocycles. The number of carbonyl (C=O) groups is 1. The Kier molecular flexibility index (Phi) is 3.27. The zero-order valence-electron chi connectivity index (χ0n) is 8.17. The van der Waals surface area contributed by atoms with Gasteiger partial charge in [0.25, 0.3) is 0 Å². The smallest absolute Gasteiger partial charge is 0.338 e. The first-order valence-electron chi connectivity index (χ1n) is 4.71. The summed E-state index contributed by atoms with van der Waals surface area (Å²) in [5.41, 5.74) is -1.28. The average Bonchev–Trinajstić information content (AvgIpc) is 2.11. The van der Waals surface area contributed by atoms with Crippen molar-refractivity contribution in [3.63, 3.8) is 0 Å². The minimum Gasteiger partial charge on any atom is -0.464 e. The van der Waals surface area contributed by atoms with E-state index in [1.54, 1.807) is 6.92 Å². The van der Waals surface area contributed by atoms with Gasteiger partial charge in [-0.05, 0) is 19.9 Å². The van der Waals surface area contributed by atoms with Gasteiger partial charge in [-0.3, -0.25) is 0 Å². The molecule has 0 spiro atoms. The molecule has 0 saturated carbocycles. The van der Waals surface area contributed by atoms with Crippen molar-refractivity contribution >= 4 is 5.97 Å². The van der Waals surface area contributed by atoms with Crippen LogP contribution >= 0.6 is 0 Å². The SMILES string of the molecule is CCOC(=O)C1(O)CCNCC1C.